The zero-order valence-corrected chi connectivity index (χ0v) is 16.4. The van der Waals surface area contributed by atoms with E-state index >= 15 is 0 Å². The summed E-state index contributed by atoms with van der Waals surface area (Å²) >= 11 is 0. The molecule has 1 fully saturated rings. The Labute approximate surface area is 170 Å². The lowest BCUT2D eigenvalue weighted by atomic mass is 9.92. The molecule has 2 aromatic heterocycles. The second-order valence-corrected chi connectivity index (χ2v) is 8.18. The van der Waals surface area contributed by atoms with Crippen molar-refractivity contribution >= 4 is 11.7 Å². The first-order valence-electron chi connectivity index (χ1n) is 10.2. The number of carbonyl (C=O) groups is 1. The van der Waals surface area contributed by atoms with Crippen LogP contribution in [0.15, 0.2) is 53.5 Å². The molecule has 1 aromatic carbocycles. The molecule has 1 saturated carbocycles. The quantitative estimate of drug-likeness (QED) is 0.706. The normalized spacial score (nSPS) is 16.3. The predicted octanol–water partition coefficient (Wildman–Crippen LogP) is 4.15. The fourth-order valence-electron chi connectivity index (χ4n) is 4.33. The van der Waals surface area contributed by atoms with Crippen molar-refractivity contribution in [1.29, 1.82) is 0 Å². The minimum absolute atomic E-state index is 0. The van der Waals surface area contributed by atoms with Crippen LogP contribution in [0.4, 0.5) is 5.82 Å². The highest BCUT2D eigenvalue weighted by molar-refractivity contribution is 6.01. The van der Waals surface area contributed by atoms with Crippen LogP contribution < -0.4 is 10.9 Å². The number of anilines is 1. The van der Waals surface area contributed by atoms with Gasteiger partial charge in [0.2, 0.25) is 11.5 Å². The third kappa shape index (κ3) is 3.16. The standard InChI is InChI=1S/C24H23N3O2.H2/c1-15-5-9-20(26-22(15)18-7-10-21(28)25-14-18)27-23(29)24(11-12-24)19-8-6-16-3-2-4-17(16)13-19;/h5-10,13-14H,2-4,11-12H2,1H3,(H,25,28)(H,26,27,29);1H. The van der Waals surface area contributed by atoms with Gasteiger partial charge in [0.25, 0.3) is 0 Å². The van der Waals surface area contributed by atoms with E-state index in [1.165, 1.54) is 23.6 Å². The highest BCUT2D eigenvalue weighted by atomic mass is 16.2. The van der Waals surface area contributed by atoms with E-state index in [0.717, 1.165) is 48.1 Å². The van der Waals surface area contributed by atoms with Gasteiger partial charge >= 0.3 is 0 Å². The maximum absolute atomic E-state index is 13.2. The molecule has 2 aliphatic rings. The van der Waals surface area contributed by atoms with E-state index in [2.05, 4.69) is 33.5 Å². The molecular weight excluding hydrogens is 362 g/mol. The van der Waals surface area contributed by atoms with Gasteiger partial charge in [-0.05, 0) is 73.4 Å². The Morgan fingerprint density at radius 3 is 2.69 bits per heavy atom. The van der Waals surface area contributed by atoms with Crippen molar-refractivity contribution in [3.63, 3.8) is 0 Å². The number of nitrogens with zero attached hydrogens (tertiary/aromatic N) is 1. The number of rotatable bonds is 4. The molecule has 5 heteroatoms. The summed E-state index contributed by atoms with van der Waals surface area (Å²) < 4.78 is 0. The number of hydrogen-bond acceptors (Lipinski definition) is 3. The van der Waals surface area contributed by atoms with Crippen molar-refractivity contribution < 1.29 is 6.22 Å². The Balaban J connectivity index is 0.00000218. The van der Waals surface area contributed by atoms with E-state index in [9.17, 15) is 9.59 Å². The second kappa shape index (κ2) is 6.69. The number of aromatic nitrogens is 2. The maximum Gasteiger partial charge on any atom is 0.247 e. The summed E-state index contributed by atoms with van der Waals surface area (Å²) in [5, 5.41) is 3.04. The van der Waals surface area contributed by atoms with Crippen molar-refractivity contribution in [1.82, 2.24) is 9.97 Å². The third-order valence-corrected chi connectivity index (χ3v) is 6.23. The van der Waals surface area contributed by atoms with Gasteiger partial charge in [-0.25, -0.2) is 4.98 Å². The summed E-state index contributed by atoms with van der Waals surface area (Å²) in [6.45, 7) is 1.96. The van der Waals surface area contributed by atoms with Gasteiger partial charge in [0.15, 0.2) is 0 Å². The van der Waals surface area contributed by atoms with Crippen LogP contribution in [0.5, 0.6) is 0 Å². The molecule has 0 aliphatic heterocycles. The van der Waals surface area contributed by atoms with Gasteiger partial charge in [0, 0.05) is 19.3 Å². The molecule has 5 nitrogen and oxygen atoms in total. The predicted molar refractivity (Wildman–Crippen MR) is 115 cm³/mol. The average molecular weight is 387 g/mol. The molecular formula is C24H25N3O2. The number of amides is 1. The van der Waals surface area contributed by atoms with Crippen LogP contribution in [-0.4, -0.2) is 15.9 Å². The van der Waals surface area contributed by atoms with Crippen LogP contribution in [-0.2, 0) is 23.1 Å². The van der Waals surface area contributed by atoms with Gasteiger partial charge in [0.05, 0.1) is 11.1 Å². The topological polar surface area (TPSA) is 74.8 Å². The number of aromatic amines is 1. The number of pyridine rings is 2. The molecule has 0 spiro atoms. The van der Waals surface area contributed by atoms with E-state index in [0.29, 0.717) is 5.82 Å². The van der Waals surface area contributed by atoms with Gasteiger partial charge in [-0.2, -0.15) is 0 Å². The van der Waals surface area contributed by atoms with Crippen molar-refractivity contribution in [2.45, 2.75) is 44.4 Å². The lowest BCUT2D eigenvalue weighted by Crippen LogP contribution is -2.28. The van der Waals surface area contributed by atoms with Crippen molar-refractivity contribution in [2.24, 2.45) is 0 Å². The first-order chi connectivity index (χ1) is 14.0. The number of fused-ring (bicyclic) bond motifs is 1. The second-order valence-electron chi connectivity index (χ2n) is 8.18. The smallest absolute Gasteiger partial charge is 0.247 e. The molecule has 0 saturated heterocycles. The van der Waals surface area contributed by atoms with Crippen LogP contribution in [0.2, 0.25) is 0 Å². The molecule has 29 heavy (non-hydrogen) atoms. The van der Waals surface area contributed by atoms with Crippen LogP contribution in [0.3, 0.4) is 0 Å². The Morgan fingerprint density at radius 2 is 1.93 bits per heavy atom. The minimum Gasteiger partial charge on any atom is -0.328 e. The van der Waals surface area contributed by atoms with Crippen molar-refractivity contribution in [3.8, 4) is 11.3 Å². The van der Waals surface area contributed by atoms with Gasteiger partial charge in [-0.15, -0.1) is 0 Å². The van der Waals surface area contributed by atoms with E-state index < -0.39 is 5.41 Å². The molecule has 5 rings (SSSR count). The molecule has 0 radical (unpaired) electrons. The summed E-state index contributed by atoms with van der Waals surface area (Å²) in [5.74, 6) is 0.549. The van der Waals surface area contributed by atoms with E-state index in [1.807, 2.05) is 19.1 Å². The molecule has 0 atom stereocenters. The number of aryl methyl sites for hydroxylation is 3. The molecule has 0 bridgehead atoms. The van der Waals surface area contributed by atoms with Gasteiger partial charge in [-0.1, -0.05) is 24.3 Å². The average Bonchev–Trinajstić information content (AvgIpc) is 3.41. The number of H-pyrrole nitrogens is 1. The Morgan fingerprint density at radius 1 is 1.10 bits per heavy atom. The van der Waals surface area contributed by atoms with Crippen molar-refractivity contribution in [2.75, 3.05) is 5.32 Å². The van der Waals surface area contributed by atoms with Gasteiger partial charge in [-0.3, -0.25) is 9.59 Å². The first-order valence-corrected chi connectivity index (χ1v) is 10.2. The van der Waals surface area contributed by atoms with E-state index in [-0.39, 0.29) is 12.9 Å². The first kappa shape index (κ1) is 17.9. The lowest BCUT2D eigenvalue weighted by molar-refractivity contribution is -0.118. The summed E-state index contributed by atoms with van der Waals surface area (Å²) in [6.07, 6.45) is 6.86. The molecule has 0 unspecified atom stereocenters. The number of nitrogens with one attached hydrogen (secondary N) is 2. The zero-order valence-electron chi connectivity index (χ0n) is 16.4. The number of benzene rings is 1. The lowest BCUT2D eigenvalue weighted by Gasteiger charge is -2.17. The van der Waals surface area contributed by atoms with Gasteiger partial charge in [0.1, 0.15) is 5.82 Å². The Kier molecular flexibility index (Phi) is 4.12. The molecule has 2 aliphatic carbocycles. The largest absolute Gasteiger partial charge is 0.328 e. The fourth-order valence-corrected chi connectivity index (χ4v) is 4.33. The maximum atomic E-state index is 13.2. The van der Waals surface area contributed by atoms with Crippen LogP contribution in [0, 0.1) is 6.92 Å². The highest BCUT2D eigenvalue weighted by Crippen LogP contribution is 2.49. The molecule has 1 amide bonds. The fraction of sp³-hybridized carbons (Fsp3) is 0.292. The number of hydrogen-bond donors (Lipinski definition) is 2. The summed E-state index contributed by atoms with van der Waals surface area (Å²) in [7, 11) is 0. The molecule has 2 heterocycles. The van der Waals surface area contributed by atoms with Gasteiger partial charge < -0.3 is 10.3 Å². The van der Waals surface area contributed by atoms with Crippen LogP contribution in [0.25, 0.3) is 11.3 Å². The monoisotopic (exact) mass is 387 g/mol. The Bertz CT molecular complexity index is 1160. The highest BCUT2D eigenvalue weighted by Gasteiger charge is 2.51. The molecule has 148 valence electrons. The number of carbonyl (C=O) groups excluding carboxylic acids is 1. The molecule has 2 N–H and O–H groups in total. The van der Waals surface area contributed by atoms with E-state index in [1.54, 1.807) is 12.3 Å². The van der Waals surface area contributed by atoms with Crippen LogP contribution in [0.1, 0.15) is 42.9 Å². The zero-order chi connectivity index (χ0) is 20.0. The van der Waals surface area contributed by atoms with Crippen LogP contribution >= 0.6 is 0 Å². The third-order valence-electron chi connectivity index (χ3n) is 6.23. The summed E-state index contributed by atoms with van der Waals surface area (Å²) in [4.78, 5) is 31.8. The summed E-state index contributed by atoms with van der Waals surface area (Å²) in [5.41, 5.74) is 5.92. The van der Waals surface area contributed by atoms with Crippen molar-refractivity contribution in [3.05, 3.63) is 81.3 Å². The van der Waals surface area contributed by atoms with E-state index in [4.69, 9.17) is 0 Å². The summed E-state index contributed by atoms with van der Waals surface area (Å²) in [6, 6.07) is 13.6. The SMILES string of the molecule is Cc1ccc(NC(=O)C2(c3ccc4c(c3)CCC4)CC2)nc1-c1ccc(=O)[nH]c1.[HH]. The minimum atomic E-state index is -0.428. The molecule has 3 aromatic rings. The Hall–Kier alpha value is -3.21.